The molecule has 2 atom stereocenters. The minimum absolute atomic E-state index is 0. The fourth-order valence-electron chi connectivity index (χ4n) is 3.77. The second-order valence-corrected chi connectivity index (χ2v) is 6.81. The molecule has 0 saturated heterocycles. The van der Waals surface area contributed by atoms with Gasteiger partial charge in [-0.25, -0.2) is 0 Å². The number of amides is 1. The summed E-state index contributed by atoms with van der Waals surface area (Å²) in [5.74, 6) is 2.43. The maximum atomic E-state index is 12.3. The van der Waals surface area contributed by atoms with Crippen LogP contribution < -0.4 is 11.1 Å². The van der Waals surface area contributed by atoms with Crippen molar-refractivity contribution in [3.8, 4) is 0 Å². The highest BCUT2D eigenvalue weighted by Crippen LogP contribution is 2.27. The Morgan fingerprint density at radius 3 is 2.78 bits per heavy atom. The number of fused-ring (bicyclic) bond motifs is 1. The molecule has 7 heteroatoms. The van der Waals surface area contributed by atoms with Crippen LogP contribution in [0.5, 0.6) is 0 Å². The molecule has 1 aromatic rings. The van der Waals surface area contributed by atoms with Gasteiger partial charge in [-0.3, -0.25) is 4.79 Å². The fraction of sp³-hybridized carbons (Fsp3) is 0.812. The lowest BCUT2D eigenvalue weighted by molar-refractivity contribution is -0.123. The lowest BCUT2D eigenvalue weighted by Gasteiger charge is -2.25. The van der Waals surface area contributed by atoms with E-state index in [0.717, 1.165) is 37.5 Å². The van der Waals surface area contributed by atoms with E-state index < -0.39 is 6.04 Å². The van der Waals surface area contributed by atoms with Gasteiger partial charge in [-0.05, 0) is 25.7 Å². The average molecular weight is 342 g/mol. The van der Waals surface area contributed by atoms with Crippen molar-refractivity contribution in [3.63, 3.8) is 0 Å². The molecule has 3 N–H and O–H groups in total. The summed E-state index contributed by atoms with van der Waals surface area (Å²) in [4.78, 5) is 12.3. The number of hydrogen-bond acceptors (Lipinski definition) is 4. The summed E-state index contributed by atoms with van der Waals surface area (Å²) in [6.45, 7) is 2.91. The number of nitrogens with two attached hydrogens (primary N) is 1. The standard InChI is InChI=1S/C16H27N5O.ClH/c1-11(15-20-19-14-8-5-9-21(14)15)18-16(22)13(17)10-12-6-3-2-4-7-12;/h11-13H,2-10,17H2,1H3,(H,18,22);1H. The molecule has 1 amide bonds. The van der Waals surface area contributed by atoms with Crippen LogP contribution in [0.1, 0.15) is 69.6 Å². The number of carbonyl (C=O) groups excluding carboxylic acids is 1. The van der Waals surface area contributed by atoms with E-state index >= 15 is 0 Å². The van der Waals surface area contributed by atoms with Crippen LogP contribution >= 0.6 is 12.4 Å². The van der Waals surface area contributed by atoms with E-state index in [4.69, 9.17) is 5.73 Å². The van der Waals surface area contributed by atoms with E-state index in [1.807, 2.05) is 6.92 Å². The molecule has 0 spiro atoms. The van der Waals surface area contributed by atoms with Gasteiger partial charge in [-0.15, -0.1) is 22.6 Å². The predicted octanol–water partition coefficient (Wildman–Crippen LogP) is 2.12. The van der Waals surface area contributed by atoms with Gasteiger partial charge in [0.05, 0.1) is 12.1 Å². The second kappa shape index (κ2) is 8.11. The zero-order valence-corrected chi connectivity index (χ0v) is 14.6. The second-order valence-electron chi connectivity index (χ2n) is 6.81. The van der Waals surface area contributed by atoms with Crippen molar-refractivity contribution in [3.05, 3.63) is 11.6 Å². The van der Waals surface area contributed by atoms with Gasteiger partial charge in [-0.2, -0.15) is 0 Å². The first-order valence-corrected chi connectivity index (χ1v) is 8.63. The summed E-state index contributed by atoms with van der Waals surface area (Å²) in [6, 6.07) is -0.546. The van der Waals surface area contributed by atoms with Crippen LogP contribution in [0.4, 0.5) is 0 Å². The smallest absolute Gasteiger partial charge is 0.237 e. The van der Waals surface area contributed by atoms with Crippen molar-refractivity contribution >= 4 is 18.3 Å². The van der Waals surface area contributed by atoms with E-state index in [2.05, 4.69) is 20.1 Å². The van der Waals surface area contributed by atoms with Crippen LogP contribution in [0.3, 0.4) is 0 Å². The van der Waals surface area contributed by atoms with Crippen molar-refractivity contribution in [2.24, 2.45) is 11.7 Å². The molecule has 1 fully saturated rings. The Kier molecular flexibility index (Phi) is 6.41. The number of nitrogens with one attached hydrogen (secondary N) is 1. The molecule has 6 nitrogen and oxygen atoms in total. The van der Waals surface area contributed by atoms with E-state index in [1.165, 1.54) is 32.1 Å². The highest BCUT2D eigenvalue weighted by molar-refractivity contribution is 5.85. The summed E-state index contributed by atoms with van der Waals surface area (Å²) in [5.41, 5.74) is 6.11. The number of hydrogen-bond donors (Lipinski definition) is 2. The molecule has 2 unspecified atom stereocenters. The fourth-order valence-corrected chi connectivity index (χ4v) is 3.77. The first-order chi connectivity index (χ1) is 10.6. The minimum Gasteiger partial charge on any atom is -0.345 e. The molecule has 130 valence electrons. The van der Waals surface area contributed by atoms with Gasteiger partial charge >= 0.3 is 0 Å². The maximum Gasteiger partial charge on any atom is 0.237 e. The van der Waals surface area contributed by atoms with Gasteiger partial charge in [0.2, 0.25) is 5.91 Å². The zero-order chi connectivity index (χ0) is 15.5. The third-order valence-electron chi connectivity index (χ3n) is 5.03. The third kappa shape index (κ3) is 4.23. The Balaban J connectivity index is 0.00000192. The molecule has 23 heavy (non-hydrogen) atoms. The zero-order valence-electron chi connectivity index (χ0n) is 13.8. The molecule has 1 aliphatic heterocycles. The van der Waals surface area contributed by atoms with Crippen LogP contribution in [0.25, 0.3) is 0 Å². The summed E-state index contributed by atoms with van der Waals surface area (Å²) >= 11 is 0. The molecule has 2 aliphatic rings. The van der Waals surface area contributed by atoms with Gasteiger partial charge in [-0.1, -0.05) is 32.1 Å². The van der Waals surface area contributed by atoms with E-state index in [0.29, 0.717) is 5.92 Å². The number of aryl methyl sites for hydroxylation is 1. The normalized spacial score (nSPS) is 20.4. The van der Waals surface area contributed by atoms with Gasteiger partial charge in [0.15, 0.2) is 5.82 Å². The quantitative estimate of drug-likeness (QED) is 0.859. The maximum absolute atomic E-state index is 12.3. The lowest BCUT2D eigenvalue weighted by atomic mass is 9.85. The molecule has 0 aromatic carbocycles. The largest absolute Gasteiger partial charge is 0.345 e. The van der Waals surface area contributed by atoms with Crippen molar-refractivity contribution in [1.29, 1.82) is 0 Å². The van der Waals surface area contributed by atoms with Gasteiger partial charge < -0.3 is 15.6 Å². The van der Waals surface area contributed by atoms with Crippen LogP contribution in [0.2, 0.25) is 0 Å². The predicted molar refractivity (Wildman–Crippen MR) is 91.3 cm³/mol. The number of carbonyl (C=O) groups is 1. The number of halogens is 1. The van der Waals surface area contributed by atoms with Crippen molar-refractivity contribution < 1.29 is 4.79 Å². The molecule has 2 heterocycles. The highest BCUT2D eigenvalue weighted by Gasteiger charge is 2.25. The van der Waals surface area contributed by atoms with E-state index in [-0.39, 0.29) is 24.4 Å². The Bertz CT molecular complexity index is 527. The summed E-state index contributed by atoms with van der Waals surface area (Å²) in [7, 11) is 0. The SMILES string of the molecule is CC(NC(=O)C(N)CC1CCCCC1)c1nnc2n1CCC2.Cl. The van der Waals surface area contributed by atoms with Crippen LogP contribution in [-0.4, -0.2) is 26.7 Å². The third-order valence-corrected chi connectivity index (χ3v) is 5.03. The molecule has 0 radical (unpaired) electrons. The van der Waals surface area contributed by atoms with Crippen molar-refractivity contribution in [2.45, 2.75) is 76.9 Å². The molecule has 1 saturated carbocycles. The molecular weight excluding hydrogens is 314 g/mol. The summed E-state index contributed by atoms with van der Waals surface area (Å²) < 4.78 is 2.12. The molecule has 3 rings (SSSR count). The van der Waals surface area contributed by atoms with Crippen molar-refractivity contribution in [2.75, 3.05) is 0 Å². The topological polar surface area (TPSA) is 85.8 Å². The minimum atomic E-state index is -0.411. The van der Waals surface area contributed by atoms with Crippen molar-refractivity contribution in [1.82, 2.24) is 20.1 Å². The Morgan fingerprint density at radius 2 is 2.04 bits per heavy atom. The number of rotatable bonds is 5. The molecule has 0 bridgehead atoms. The van der Waals surface area contributed by atoms with Crippen LogP contribution in [0.15, 0.2) is 0 Å². The Morgan fingerprint density at radius 1 is 1.30 bits per heavy atom. The lowest BCUT2D eigenvalue weighted by Crippen LogP contribution is -2.43. The van der Waals surface area contributed by atoms with Crippen LogP contribution in [-0.2, 0) is 17.8 Å². The highest BCUT2D eigenvalue weighted by atomic mass is 35.5. The first-order valence-electron chi connectivity index (χ1n) is 8.63. The Labute approximate surface area is 144 Å². The number of aromatic nitrogens is 3. The molecule has 1 aromatic heterocycles. The number of nitrogens with zero attached hydrogens (tertiary/aromatic N) is 3. The summed E-state index contributed by atoms with van der Waals surface area (Å²) in [5, 5.41) is 11.4. The van der Waals surface area contributed by atoms with E-state index in [1.54, 1.807) is 0 Å². The molecular formula is C16H28ClN5O. The van der Waals surface area contributed by atoms with Gasteiger partial charge in [0.1, 0.15) is 5.82 Å². The summed E-state index contributed by atoms with van der Waals surface area (Å²) in [6.07, 6.45) is 9.21. The van der Waals surface area contributed by atoms with Crippen LogP contribution in [0, 0.1) is 5.92 Å². The average Bonchev–Trinajstić information content (AvgIpc) is 3.10. The first kappa shape index (κ1) is 18.2. The van der Waals surface area contributed by atoms with E-state index in [9.17, 15) is 4.79 Å². The van der Waals surface area contributed by atoms with Gasteiger partial charge in [0.25, 0.3) is 0 Å². The monoisotopic (exact) mass is 341 g/mol. The molecule has 1 aliphatic carbocycles. The van der Waals surface area contributed by atoms with Gasteiger partial charge in [0, 0.05) is 13.0 Å². The Hall–Kier alpha value is -1.14.